The van der Waals surface area contributed by atoms with Gasteiger partial charge in [0.25, 0.3) is 0 Å². The maximum atomic E-state index is 12.6. The van der Waals surface area contributed by atoms with E-state index < -0.39 is 0 Å². The molecule has 0 aliphatic heterocycles. The molecule has 1 amide bonds. The summed E-state index contributed by atoms with van der Waals surface area (Å²) in [5.41, 5.74) is 4.88. The molecule has 0 bridgehead atoms. The molecule has 32 heavy (non-hydrogen) atoms. The number of aromatic nitrogens is 2. The van der Waals surface area contributed by atoms with Crippen LogP contribution in [0.5, 0.6) is 0 Å². The number of hydrogen-bond acceptors (Lipinski definition) is 4. The van der Waals surface area contributed by atoms with E-state index in [-0.39, 0.29) is 12.5 Å². The van der Waals surface area contributed by atoms with Gasteiger partial charge < -0.3 is 5.32 Å². The molecule has 1 aromatic heterocycles. The lowest BCUT2D eigenvalue weighted by Crippen LogP contribution is -2.30. The van der Waals surface area contributed by atoms with E-state index in [0.29, 0.717) is 17.8 Å². The van der Waals surface area contributed by atoms with Crippen LogP contribution in [0.3, 0.4) is 0 Å². The molecule has 0 aliphatic carbocycles. The average Bonchev–Trinajstić information content (AvgIpc) is 3.24. The van der Waals surface area contributed by atoms with Crippen molar-refractivity contribution in [3.63, 3.8) is 0 Å². The second-order valence-corrected chi connectivity index (χ2v) is 7.53. The Kier molecular flexibility index (Phi) is 6.40. The fraction of sp³-hybridized carbons (Fsp3) is 0.115. The van der Waals surface area contributed by atoms with E-state index in [0.717, 1.165) is 22.5 Å². The van der Waals surface area contributed by atoms with Crippen LogP contribution in [-0.4, -0.2) is 34.2 Å². The van der Waals surface area contributed by atoms with Crippen molar-refractivity contribution in [3.05, 3.63) is 102 Å². The van der Waals surface area contributed by atoms with Crippen LogP contribution >= 0.6 is 0 Å². The van der Waals surface area contributed by atoms with Gasteiger partial charge in [0.05, 0.1) is 29.2 Å². The molecule has 6 heteroatoms. The molecule has 3 aromatic carbocycles. The lowest BCUT2D eigenvalue weighted by atomic mass is 10.1. The highest BCUT2D eigenvalue weighted by molar-refractivity contribution is 5.93. The molecule has 158 valence electrons. The first-order chi connectivity index (χ1) is 15.6. The zero-order valence-corrected chi connectivity index (χ0v) is 17.8. The van der Waals surface area contributed by atoms with Crippen molar-refractivity contribution in [2.45, 2.75) is 6.54 Å². The maximum absolute atomic E-state index is 12.6. The highest BCUT2D eigenvalue weighted by Crippen LogP contribution is 2.24. The summed E-state index contributed by atoms with van der Waals surface area (Å²) < 4.78 is 1.87. The van der Waals surface area contributed by atoms with E-state index in [1.165, 1.54) is 0 Å². The topological polar surface area (TPSA) is 74.0 Å². The largest absolute Gasteiger partial charge is 0.324 e. The summed E-state index contributed by atoms with van der Waals surface area (Å²) in [5, 5.41) is 16.9. The van der Waals surface area contributed by atoms with Gasteiger partial charge in [0.2, 0.25) is 5.91 Å². The fourth-order valence-electron chi connectivity index (χ4n) is 3.55. The molecule has 0 saturated carbocycles. The first-order valence-corrected chi connectivity index (χ1v) is 10.3. The van der Waals surface area contributed by atoms with E-state index in [2.05, 4.69) is 11.4 Å². The summed E-state index contributed by atoms with van der Waals surface area (Å²) in [4.78, 5) is 14.5. The minimum absolute atomic E-state index is 0.174. The highest BCUT2D eigenvalue weighted by Gasteiger charge is 2.16. The fourth-order valence-corrected chi connectivity index (χ4v) is 3.55. The minimum atomic E-state index is -0.174. The molecule has 0 spiro atoms. The third-order valence-corrected chi connectivity index (χ3v) is 5.03. The maximum Gasteiger partial charge on any atom is 0.238 e. The summed E-state index contributed by atoms with van der Waals surface area (Å²) in [6, 6.07) is 29.1. The number of para-hydroxylation sites is 2. The Morgan fingerprint density at radius 3 is 2.38 bits per heavy atom. The molecule has 6 nitrogen and oxygen atoms in total. The first kappa shape index (κ1) is 21.0. The van der Waals surface area contributed by atoms with E-state index in [4.69, 9.17) is 5.10 Å². The molecule has 4 aromatic rings. The Bertz CT molecular complexity index is 1240. The standard InChI is InChI=1S/C26H23N5O/c1-30(19-25(32)28-24-15-9-8-12-21(24)16-27)17-22-18-31(23-13-6-3-7-14-23)29-26(22)20-10-4-2-5-11-20/h2-15,18H,17,19H2,1H3,(H,28,32). The zero-order chi connectivity index (χ0) is 22.3. The molecule has 0 fully saturated rings. The Hall–Kier alpha value is -4.21. The van der Waals surface area contributed by atoms with Gasteiger partial charge in [0.1, 0.15) is 6.07 Å². The van der Waals surface area contributed by atoms with Crippen molar-refractivity contribution in [2.24, 2.45) is 0 Å². The van der Waals surface area contributed by atoms with Crippen LogP contribution in [0.2, 0.25) is 0 Å². The number of nitrogens with zero attached hydrogens (tertiary/aromatic N) is 4. The molecule has 1 heterocycles. The number of hydrogen-bond donors (Lipinski definition) is 1. The highest BCUT2D eigenvalue weighted by atomic mass is 16.2. The number of likely N-dealkylation sites (N-methyl/N-ethyl adjacent to an activating group) is 1. The zero-order valence-electron chi connectivity index (χ0n) is 17.8. The smallest absolute Gasteiger partial charge is 0.238 e. The van der Waals surface area contributed by atoms with Crippen molar-refractivity contribution in [1.82, 2.24) is 14.7 Å². The van der Waals surface area contributed by atoms with E-state index in [1.54, 1.807) is 24.3 Å². The molecule has 0 atom stereocenters. The van der Waals surface area contributed by atoms with Gasteiger partial charge in [-0.15, -0.1) is 0 Å². The summed E-state index contributed by atoms with van der Waals surface area (Å²) in [5.74, 6) is -0.174. The van der Waals surface area contributed by atoms with Crippen LogP contribution in [-0.2, 0) is 11.3 Å². The number of carbonyl (C=O) groups is 1. The normalized spacial score (nSPS) is 10.7. The molecule has 4 rings (SSSR count). The van der Waals surface area contributed by atoms with Gasteiger partial charge in [-0.2, -0.15) is 10.4 Å². The number of amides is 1. The van der Waals surface area contributed by atoms with Gasteiger partial charge in [-0.25, -0.2) is 4.68 Å². The molecular formula is C26H23N5O. The molecular weight excluding hydrogens is 398 g/mol. The van der Waals surface area contributed by atoms with Gasteiger partial charge in [0, 0.05) is 23.9 Å². The molecule has 0 saturated heterocycles. The number of benzene rings is 3. The predicted octanol–water partition coefficient (Wildman–Crippen LogP) is 4.48. The van der Waals surface area contributed by atoms with E-state index in [9.17, 15) is 10.1 Å². The average molecular weight is 422 g/mol. The van der Waals surface area contributed by atoms with Crippen LogP contribution < -0.4 is 5.32 Å². The molecule has 0 radical (unpaired) electrons. The number of rotatable bonds is 7. The van der Waals surface area contributed by atoms with Crippen molar-refractivity contribution < 1.29 is 4.79 Å². The molecule has 0 aliphatic rings. The SMILES string of the molecule is CN(CC(=O)Nc1ccccc1C#N)Cc1cn(-c2ccccc2)nc1-c1ccccc1. The number of nitriles is 1. The Balaban J connectivity index is 1.53. The van der Waals surface area contributed by atoms with Crippen LogP contribution in [0.15, 0.2) is 91.1 Å². The second kappa shape index (κ2) is 9.73. The quantitative estimate of drug-likeness (QED) is 0.477. The minimum Gasteiger partial charge on any atom is -0.324 e. The van der Waals surface area contributed by atoms with Crippen molar-refractivity contribution in [3.8, 4) is 23.0 Å². The van der Waals surface area contributed by atoms with E-state index in [1.807, 2.05) is 83.5 Å². The lowest BCUT2D eigenvalue weighted by molar-refractivity contribution is -0.117. The van der Waals surface area contributed by atoms with Crippen molar-refractivity contribution in [2.75, 3.05) is 18.9 Å². The van der Waals surface area contributed by atoms with E-state index >= 15 is 0 Å². The third-order valence-electron chi connectivity index (χ3n) is 5.03. The molecule has 1 N–H and O–H groups in total. The van der Waals surface area contributed by atoms with Gasteiger partial charge in [-0.3, -0.25) is 9.69 Å². The summed E-state index contributed by atoms with van der Waals surface area (Å²) in [6.07, 6.45) is 2.01. The third kappa shape index (κ3) is 4.91. The van der Waals surface area contributed by atoms with Crippen molar-refractivity contribution >= 4 is 11.6 Å². The predicted molar refractivity (Wildman–Crippen MR) is 125 cm³/mol. The van der Waals surface area contributed by atoms with Crippen LogP contribution in [0.1, 0.15) is 11.1 Å². The summed E-state index contributed by atoms with van der Waals surface area (Å²) in [6.45, 7) is 0.731. The van der Waals surface area contributed by atoms with Crippen LogP contribution in [0, 0.1) is 11.3 Å². The Morgan fingerprint density at radius 2 is 1.66 bits per heavy atom. The van der Waals surface area contributed by atoms with Gasteiger partial charge in [0.15, 0.2) is 0 Å². The summed E-state index contributed by atoms with van der Waals surface area (Å²) >= 11 is 0. The van der Waals surface area contributed by atoms with Crippen LogP contribution in [0.4, 0.5) is 5.69 Å². The number of carbonyl (C=O) groups excluding carboxylic acids is 1. The van der Waals surface area contributed by atoms with Gasteiger partial charge in [-0.1, -0.05) is 60.7 Å². The van der Waals surface area contributed by atoms with Gasteiger partial charge in [-0.05, 0) is 31.3 Å². The lowest BCUT2D eigenvalue weighted by Gasteiger charge is -2.16. The van der Waals surface area contributed by atoms with Gasteiger partial charge >= 0.3 is 0 Å². The second-order valence-electron chi connectivity index (χ2n) is 7.53. The van der Waals surface area contributed by atoms with Crippen molar-refractivity contribution in [1.29, 1.82) is 5.26 Å². The first-order valence-electron chi connectivity index (χ1n) is 10.3. The number of anilines is 1. The monoisotopic (exact) mass is 421 g/mol. The Labute approximate surface area is 187 Å². The Morgan fingerprint density at radius 1 is 1.00 bits per heavy atom. The summed E-state index contributed by atoms with van der Waals surface area (Å²) in [7, 11) is 1.89. The number of nitrogens with one attached hydrogen (secondary N) is 1. The molecule has 0 unspecified atom stereocenters. The van der Waals surface area contributed by atoms with Crippen LogP contribution in [0.25, 0.3) is 16.9 Å².